The van der Waals surface area contributed by atoms with E-state index < -0.39 is 5.82 Å². The molecule has 23 heavy (non-hydrogen) atoms. The first-order valence-corrected chi connectivity index (χ1v) is 7.51. The van der Waals surface area contributed by atoms with Crippen LogP contribution < -0.4 is 9.47 Å². The van der Waals surface area contributed by atoms with Gasteiger partial charge in [0, 0.05) is 13.6 Å². The molecule has 3 rings (SSSR count). The van der Waals surface area contributed by atoms with Crippen molar-refractivity contribution in [3.05, 3.63) is 58.4 Å². The highest BCUT2D eigenvalue weighted by Gasteiger charge is 2.17. The summed E-state index contributed by atoms with van der Waals surface area (Å²) in [6.07, 6.45) is 0. The summed E-state index contributed by atoms with van der Waals surface area (Å²) >= 11 is 5.94. The second kappa shape index (κ2) is 6.46. The van der Waals surface area contributed by atoms with Crippen LogP contribution in [0.1, 0.15) is 15.9 Å². The topological polar surface area (TPSA) is 38.8 Å². The van der Waals surface area contributed by atoms with Crippen LogP contribution in [0.15, 0.2) is 36.4 Å². The van der Waals surface area contributed by atoms with Gasteiger partial charge in [0.2, 0.25) is 0 Å². The van der Waals surface area contributed by atoms with E-state index in [1.165, 1.54) is 17.0 Å². The number of amides is 1. The molecule has 0 atom stereocenters. The summed E-state index contributed by atoms with van der Waals surface area (Å²) in [5.41, 5.74) is 1.18. The van der Waals surface area contributed by atoms with Crippen LogP contribution in [0.25, 0.3) is 0 Å². The molecule has 0 saturated heterocycles. The lowest BCUT2D eigenvalue weighted by Crippen LogP contribution is -2.26. The van der Waals surface area contributed by atoms with Crippen LogP contribution in [-0.2, 0) is 6.54 Å². The van der Waals surface area contributed by atoms with Crippen LogP contribution in [0.2, 0.25) is 5.02 Å². The van der Waals surface area contributed by atoms with E-state index in [1.54, 1.807) is 7.05 Å². The van der Waals surface area contributed by atoms with Gasteiger partial charge >= 0.3 is 0 Å². The number of hydrogen-bond donors (Lipinski definition) is 0. The van der Waals surface area contributed by atoms with E-state index in [2.05, 4.69) is 0 Å². The Morgan fingerprint density at radius 3 is 2.65 bits per heavy atom. The average Bonchev–Trinajstić information content (AvgIpc) is 2.54. The van der Waals surface area contributed by atoms with Crippen LogP contribution in [0, 0.1) is 5.82 Å². The van der Waals surface area contributed by atoms with Crippen molar-refractivity contribution < 1.29 is 18.7 Å². The first-order valence-electron chi connectivity index (χ1n) is 7.13. The zero-order valence-corrected chi connectivity index (χ0v) is 13.3. The van der Waals surface area contributed by atoms with Gasteiger partial charge in [-0.25, -0.2) is 4.39 Å². The van der Waals surface area contributed by atoms with Crippen molar-refractivity contribution in [1.29, 1.82) is 0 Å². The third-order valence-corrected chi connectivity index (χ3v) is 3.85. The number of ether oxygens (including phenoxy) is 2. The highest BCUT2D eigenvalue weighted by atomic mass is 35.5. The van der Waals surface area contributed by atoms with Crippen molar-refractivity contribution in [3.8, 4) is 11.5 Å². The zero-order valence-electron chi connectivity index (χ0n) is 12.5. The second-order valence-electron chi connectivity index (χ2n) is 5.26. The van der Waals surface area contributed by atoms with Gasteiger partial charge in [-0.05, 0) is 35.9 Å². The lowest BCUT2D eigenvalue weighted by atomic mass is 10.1. The van der Waals surface area contributed by atoms with Gasteiger partial charge in [-0.2, -0.15) is 0 Å². The van der Waals surface area contributed by atoms with Gasteiger partial charge in [-0.15, -0.1) is 0 Å². The van der Waals surface area contributed by atoms with Gasteiger partial charge < -0.3 is 14.4 Å². The molecule has 2 aromatic carbocycles. The molecule has 4 nitrogen and oxygen atoms in total. The number of fused-ring (bicyclic) bond motifs is 1. The zero-order chi connectivity index (χ0) is 16.4. The number of nitrogens with zero attached hydrogens (tertiary/aromatic N) is 1. The van der Waals surface area contributed by atoms with E-state index >= 15 is 0 Å². The third-order valence-electron chi connectivity index (χ3n) is 3.53. The molecule has 1 aliphatic rings. The van der Waals surface area contributed by atoms with E-state index in [9.17, 15) is 9.18 Å². The predicted octanol–water partition coefficient (Wildman–Crippen LogP) is 3.52. The van der Waals surface area contributed by atoms with E-state index in [4.69, 9.17) is 21.1 Å². The van der Waals surface area contributed by atoms with E-state index in [1.807, 2.05) is 18.2 Å². The molecular formula is C17H15ClFNO3. The maximum atomic E-state index is 13.1. The predicted molar refractivity (Wildman–Crippen MR) is 84.6 cm³/mol. The highest BCUT2D eigenvalue weighted by molar-refractivity contribution is 6.33. The molecule has 0 radical (unpaired) electrons. The molecule has 1 aliphatic heterocycles. The quantitative estimate of drug-likeness (QED) is 0.861. The second-order valence-corrected chi connectivity index (χ2v) is 5.67. The Kier molecular flexibility index (Phi) is 4.39. The summed E-state index contributed by atoms with van der Waals surface area (Å²) in [6.45, 7) is 1.42. The van der Waals surface area contributed by atoms with Crippen LogP contribution in [0.5, 0.6) is 11.5 Å². The van der Waals surface area contributed by atoms with E-state index in [0.29, 0.717) is 31.3 Å². The van der Waals surface area contributed by atoms with Gasteiger partial charge in [0.05, 0.1) is 10.6 Å². The Balaban J connectivity index is 1.75. The number of carbonyl (C=O) groups is 1. The van der Waals surface area contributed by atoms with Crippen LogP contribution in [-0.4, -0.2) is 31.1 Å². The van der Waals surface area contributed by atoms with E-state index in [-0.39, 0.29) is 16.5 Å². The van der Waals surface area contributed by atoms with Crippen molar-refractivity contribution >= 4 is 17.5 Å². The van der Waals surface area contributed by atoms with Crippen molar-refractivity contribution in [2.75, 3.05) is 20.3 Å². The average molecular weight is 336 g/mol. The Hall–Kier alpha value is -2.27. The number of hydrogen-bond acceptors (Lipinski definition) is 3. The molecule has 0 unspecified atom stereocenters. The summed E-state index contributed by atoms with van der Waals surface area (Å²) < 4.78 is 24.1. The summed E-state index contributed by atoms with van der Waals surface area (Å²) in [6, 6.07) is 9.30. The Morgan fingerprint density at radius 1 is 1.17 bits per heavy atom. The highest BCUT2D eigenvalue weighted by Crippen LogP contribution is 2.31. The molecule has 0 spiro atoms. The Bertz CT molecular complexity index is 751. The molecule has 1 heterocycles. The van der Waals surface area contributed by atoms with Crippen LogP contribution >= 0.6 is 11.6 Å². The molecule has 2 aromatic rings. The first-order chi connectivity index (χ1) is 11.0. The molecule has 0 saturated carbocycles. The number of rotatable bonds is 3. The normalized spacial score (nSPS) is 12.8. The van der Waals surface area contributed by atoms with Crippen LogP contribution in [0.4, 0.5) is 4.39 Å². The maximum absolute atomic E-state index is 13.1. The monoisotopic (exact) mass is 335 g/mol. The molecule has 6 heteroatoms. The lowest BCUT2D eigenvalue weighted by Gasteiger charge is -2.21. The van der Waals surface area contributed by atoms with Crippen molar-refractivity contribution in [2.24, 2.45) is 0 Å². The standard InChI is InChI=1S/C17H15ClFNO3/c1-20(17(21)13-4-3-12(19)9-14(13)18)10-11-2-5-15-16(8-11)23-7-6-22-15/h2-5,8-9H,6-7,10H2,1H3. The maximum Gasteiger partial charge on any atom is 0.255 e. The first kappa shape index (κ1) is 15.6. The molecule has 0 fully saturated rings. The minimum Gasteiger partial charge on any atom is -0.486 e. The molecule has 0 aliphatic carbocycles. The minimum atomic E-state index is -0.471. The molecular weight excluding hydrogens is 321 g/mol. The molecule has 120 valence electrons. The van der Waals surface area contributed by atoms with Crippen molar-refractivity contribution in [3.63, 3.8) is 0 Å². The lowest BCUT2D eigenvalue weighted by molar-refractivity contribution is 0.0785. The third kappa shape index (κ3) is 3.40. The minimum absolute atomic E-state index is 0.101. The van der Waals surface area contributed by atoms with Gasteiger partial charge in [0.1, 0.15) is 19.0 Å². The number of carbonyl (C=O) groups excluding carboxylic acids is 1. The Morgan fingerprint density at radius 2 is 1.91 bits per heavy atom. The fraction of sp³-hybridized carbons (Fsp3) is 0.235. The van der Waals surface area contributed by atoms with Crippen molar-refractivity contribution in [2.45, 2.75) is 6.54 Å². The van der Waals surface area contributed by atoms with E-state index in [0.717, 1.165) is 11.6 Å². The largest absolute Gasteiger partial charge is 0.486 e. The summed E-state index contributed by atoms with van der Waals surface area (Å²) in [7, 11) is 1.67. The summed E-state index contributed by atoms with van der Waals surface area (Å²) in [4.78, 5) is 14.0. The number of halogens is 2. The Labute approximate surface area is 138 Å². The fourth-order valence-corrected chi connectivity index (χ4v) is 2.65. The smallest absolute Gasteiger partial charge is 0.255 e. The SMILES string of the molecule is CN(Cc1ccc2c(c1)OCCO2)C(=O)c1ccc(F)cc1Cl. The summed E-state index contributed by atoms with van der Waals surface area (Å²) in [5, 5.41) is 0.101. The van der Waals surface area contributed by atoms with Gasteiger partial charge in [0.25, 0.3) is 5.91 Å². The van der Waals surface area contributed by atoms with Gasteiger partial charge in [0.15, 0.2) is 11.5 Å². The molecule has 0 aromatic heterocycles. The fourth-order valence-electron chi connectivity index (χ4n) is 2.40. The molecule has 0 bridgehead atoms. The van der Waals surface area contributed by atoms with Crippen LogP contribution in [0.3, 0.4) is 0 Å². The molecule has 1 amide bonds. The summed E-state index contributed by atoms with van der Waals surface area (Å²) in [5.74, 6) is 0.635. The molecule has 0 N–H and O–H groups in total. The van der Waals surface area contributed by atoms with Crippen molar-refractivity contribution in [1.82, 2.24) is 4.90 Å². The van der Waals surface area contributed by atoms with Gasteiger partial charge in [-0.3, -0.25) is 4.79 Å². The van der Waals surface area contributed by atoms with Gasteiger partial charge in [-0.1, -0.05) is 17.7 Å². The number of benzene rings is 2.